The number of hydrogen-bond acceptors (Lipinski definition) is 7. The molecule has 0 amide bonds. The van der Waals surface area contributed by atoms with Crippen molar-refractivity contribution in [3.8, 4) is 11.4 Å². The first kappa shape index (κ1) is 18.9. The summed E-state index contributed by atoms with van der Waals surface area (Å²) < 4.78 is 15.5. The van der Waals surface area contributed by atoms with Crippen molar-refractivity contribution in [1.29, 1.82) is 0 Å². The highest BCUT2D eigenvalue weighted by Crippen LogP contribution is 2.28. The predicted octanol–water partition coefficient (Wildman–Crippen LogP) is 2.59. The molecule has 0 spiro atoms. The Bertz CT molecular complexity index is 1210. The predicted molar refractivity (Wildman–Crippen MR) is 106 cm³/mol. The fourth-order valence-corrected chi connectivity index (χ4v) is 3.08. The Morgan fingerprint density at radius 1 is 1.14 bits per heavy atom. The summed E-state index contributed by atoms with van der Waals surface area (Å²) in [6, 6.07) is 8.44. The van der Waals surface area contributed by atoms with Crippen LogP contribution < -0.4 is 5.73 Å². The van der Waals surface area contributed by atoms with Gasteiger partial charge in [-0.15, -0.1) is 5.10 Å². The van der Waals surface area contributed by atoms with Crippen LogP contribution in [-0.2, 0) is 12.1 Å². The van der Waals surface area contributed by atoms with Crippen LogP contribution in [0.4, 0.5) is 10.3 Å². The van der Waals surface area contributed by atoms with Gasteiger partial charge in [0.15, 0.2) is 0 Å². The fourth-order valence-electron chi connectivity index (χ4n) is 3.08. The van der Waals surface area contributed by atoms with Crippen molar-refractivity contribution in [3.05, 3.63) is 59.3 Å². The topological polar surface area (TPSA) is 116 Å². The summed E-state index contributed by atoms with van der Waals surface area (Å²) in [4.78, 5) is 12.9. The van der Waals surface area contributed by atoms with Gasteiger partial charge in [0.25, 0.3) is 0 Å². The number of nitrogen functional groups attached to an aromatic ring is 1. The second kappa shape index (κ2) is 6.85. The van der Waals surface area contributed by atoms with Gasteiger partial charge in [-0.05, 0) is 45.0 Å². The minimum Gasteiger partial charge on any atom is -0.384 e. The molecule has 1 aromatic carbocycles. The summed E-state index contributed by atoms with van der Waals surface area (Å²) in [6.45, 7) is 5.37. The number of fused-ring (bicyclic) bond motifs is 1. The summed E-state index contributed by atoms with van der Waals surface area (Å²) >= 11 is 0. The molecule has 8 nitrogen and oxygen atoms in total. The first-order chi connectivity index (χ1) is 13.7. The van der Waals surface area contributed by atoms with E-state index in [1.807, 2.05) is 12.1 Å². The molecule has 0 saturated heterocycles. The molecule has 0 fully saturated rings. The Labute approximate surface area is 166 Å². The molecule has 3 N–H and O–H groups in total. The maximum absolute atomic E-state index is 13.9. The Kier molecular flexibility index (Phi) is 4.46. The average molecular weight is 393 g/mol. The van der Waals surface area contributed by atoms with Crippen LogP contribution in [0.2, 0.25) is 0 Å². The zero-order valence-corrected chi connectivity index (χ0v) is 16.3. The molecule has 0 radical (unpaired) electrons. The average Bonchev–Trinajstić information content (AvgIpc) is 3.12. The first-order valence-electron chi connectivity index (χ1n) is 9.04. The zero-order chi connectivity index (χ0) is 20.8. The maximum atomic E-state index is 13.9. The highest BCUT2D eigenvalue weighted by molar-refractivity contribution is 5.93. The Hall–Kier alpha value is -3.46. The van der Waals surface area contributed by atoms with Crippen LogP contribution in [0.5, 0.6) is 0 Å². The lowest BCUT2D eigenvalue weighted by Crippen LogP contribution is -2.18. The molecular weight excluding hydrogens is 373 g/mol. The monoisotopic (exact) mass is 393 g/mol. The summed E-state index contributed by atoms with van der Waals surface area (Å²) in [5.74, 6) is -0.321. The van der Waals surface area contributed by atoms with Gasteiger partial charge >= 0.3 is 0 Å². The minimum atomic E-state index is -1.03. The van der Waals surface area contributed by atoms with Crippen LogP contribution in [0.3, 0.4) is 0 Å². The quantitative estimate of drug-likeness (QED) is 0.547. The number of benzene rings is 1. The molecule has 148 valence electrons. The molecule has 9 heteroatoms. The third kappa shape index (κ3) is 3.64. The van der Waals surface area contributed by atoms with E-state index >= 15 is 0 Å². The largest absolute Gasteiger partial charge is 0.384 e. The number of aliphatic hydroxyl groups is 1. The molecule has 4 aromatic rings. The summed E-state index contributed by atoms with van der Waals surface area (Å²) in [5, 5.41) is 19.1. The molecule has 0 bridgehead atoms. The normalized spacial score (nSPS) is 11.9. The number of nitrogens with zero attached hydrogens (tertiary/aromatic N) is 6. The van der Waals surface area contributed by atoms with Gasteiger partial charge in [-0.2, -0.15) is 0 Å². The van der Waals surface area contributed by atoms with E-state index < -0.39 is 5.60 Å². The lowest BCUT2D eigenvalue weighted by atomic mass is 10.0. The number of rotatable bonds is 4. The number of pyridine rings is 1. The van der Waals surface area contributed by atoms with Crippen molar-refractivity contribution in [2.75, 3.05) is 5.73 Å². The highest BCUT2D eigenvalue weighted by atomic mass is 19.1. The Morgan fingerprint density at radius 3 is 2.69 bits per heavy atom. The second-order valence-electron chi connectivity index (χ2n) is 7.37. The summed E-state index contributed by atoms with van der Waals surface area (Å²) in [7, 11) is 0. The molecule has 0 saturated carbocycles. The standard InChI is InChI=1S/C20H20FN7O/c1-11-14(21)8-7-13-17(11)24-19(22)25-18(13)15-10-28(27-26-15)9-12-5-4-6-16(23-12)20(2,3)29/h4-8,10,29H,9H2,1-3H3,(H2,22,24,25). The Morgan fingerprint density at radius 2 is 1.93 bits per heavy atom. The minimum absolute atomic E-state index is 0.0373. The van der Waals surface area contributed by atoms with Gasteiger partial charge in [-0.1, -0.05) is 11.3 Å². The number of halogens is 1. The first-order valence-corrected chi connectivity index (χ1v) is 9.04. The van der Waals surface area contributed by atoms with Crippen LogP contribution in [0.15, 0.2) is 36.5 Å². The second-order valence-corrected chi connectivity index (χ2v) is 7.37. The number of anilines is 1. The van der Waals surface area contributed by atoms with E-state index in [1.54, 1.807) is 43.8 Å². The van der Waals surface area contributed by atoms with Gasteiger partial charge < -0.3 is 10.8 Å². The van der Waals surface area contributed by atoms with E-state index in [1.165, 1.54) is 6.07 Å². The lowest BCUT2D eigenvalue weighted by Gasteiger charge is -2.17. The van der Waals surface area contributed by atoms with Crippen molar-refractivity contribution in [3.63, 3.8) is 0 Å². The van der Waals surface area contributed by atoms with Crippen LogP contribution in [0.25, 0.3) is 22.3 Å². The third-order valence-corrected chi connectivity index (χ3v) is 4.61. The van der Waals surface area contributed by atoms with E-state index in [2.05, 4.69) is 25.3 Å². The van der Waals surface area contributed by atoms with Crippen LogP contribution >= 0.6 is 0 Å². The van der Waals surface area contributed by atoms with Crippen LogP contribution in [-0.4, -0.2) is 35.1 Å². The zero-order valence-electron chi connectivity index (χ0n) is 16.3. The number of aromatic nitrogens is 6. The maximum Gasteiger partial charge on any atom is 0.221 e. The number of nitrogens with two attached hydrogens (primary N) is 1. The van der Waals surface area contributed by atoms with Crippen molar-refractivity contribution >= 4 is 16.9 Å². The van der Waals surface area contributed by atoms with E-state index in [0.29, 0.717) is 40.1 Å². The lowest BCUT2D eigenvalue weighted by molar-refractivity contribution is 0.0736. The molecule has 3 heterocycles. The molecule has 0 aliphatic rings. The van der Waals surface area contributed by atoms with Gasteiger partial charge in [0.2, 0.25) is 5.95 Å². The smallest absolute Gasteiger partial charge is 0.221 e. The van der Waals surface area contributed by atoms with Gasteiger partial charge in [0.05, 0.1) is 29.6 Å². The molecule has 4 rings (SSSR count). The van der Waals surface area contributed by atoms with E-state index in [0.717, 1.165) is 5.69 Å². The van der Waals surface area contributed by atoms with Crippen molar-refractivity contribution in [2.45, 2.75) is 32.9 Å². The van der Waals surface area contributed by atoms with Gasteiger partial charge in [0, 0.05) is 10.9 Å². The summed E-state index contributed by atoms with van der Waals surface area (Å²) in [6.07, 6.45) is 1.72. The molecular formula is C20H20FN7O. The summed E-state index contributed by atoms with van der Waals surface area (Å²) in [5.41, 5.74) is 7.93. The molecule has 0 atom stereocenters. The van der Waals surface area contributed by atoms with Crippen molar-refractivity contribution in [2.24, 2.45) is 0 Å². The third-order valence-electron chi connectivity index (χ3n) is 4.61. The van der Waals surface area contributed by atoms with Gasteiger partial charge in [0.1, 0.15) is 22.8 Å². The molecule has 29 heavy (non-hydrogen) atoms. The van der Waals surface area contributed by atoms with Gasteiger partial charge in [-0.25, -0.2) is 19.0 Å². The number of aryl methyl sites for hydroxylation is 1. The van der Waals surface area contributed by atoms with Crippen LogP contribution in [0.1, 0.15) is 30.8 Å². The number of hydrogen-bond donors (Lipinski definition) is 2. The molecule has 0 unspecified atom stereocenters. The van der Waals surface area contributed by atoms with Gasteiger partial charge in [-0.3, -0.25) is 4.98 Å². The van der Waals surface area contributed by atoms with E-state index in [9.17, 15) is 9.50 Å². The SMILES string of the molecule is Cc1c(F)ccc2c(-c3cn(Cc4cccc(C(C)(C)O)n4)nn3)nc(N)nc12. The fraction of sp³-hybridized carbons (Fsp3) is 0.250. The van der Waals surface area contributed by atoms with Crippen molar-refractivity contribution in [1.82, 2.24) is 29.9 Å². The molecule has 3 aromatic heterocycles. The van der Waals surface area contributed by atoms with E-state index in [4.69, 9.17) is 5.73 Å². The molecule has 0 aliphatic carbocycles. The Balaban J connectivity index is 1.71. The highest BCUT2D eigenvalue weighted by Gasteiger charge is 2.18. The van der Waals surface area contributed by atoms with Crippen molar-refractivity contribution < 1.29 is 9.50 Å². The van der Waals surface area contributed by atoms with E-state index in [-0.39, 0.29) is 11.8 Å². The van der Waals surface area contributed by atoms with Crippen LogP contribution in [0, 0.1) is 12.7 Å². The molecule has 0 aliphatic heterocycles.